The molecule has 3 rings (SSSR count). The Hall–Kier alpha value is -2.48. The number of hydrogen-bond donors (Lipinski definition) is 2. The minimum Gasteiger partial charge on any atom is -0.385 e. The summed E-state index contributed by atoms with van der Waals surface area (Å²) in [6, 6.07) is 12.6. The number of fused-ring (bicyclic) bond motifs is 2. The van der Waals surface area contributed by atoms with E-state index in [-0.39, 0.29) is 0 Å². The van der Waals surface area contributed by atoms with Gasteiger partial charge in [-0.25, -0.2) is 0 Å². The quantitative estimate of drug-likeness (QED) is 0.716. The molecule has 0 amide bonds. The maximum atomic E-state index is 4.37. The molecular weight excluding hydrogens is 268 g/mol. The molecule has 0 aliphatic heterocycles. The first-order valence-electron chi connectivity index (χ1n) is 7.82. The van der Waals surface area contributed by atoms with Crippen LogP contribution in [0.5, 0.6) is 0 Å². The van der Waals surface area contributed by atoms with Crippen molar-refractivity contribution >= 4 is 46.1 Å². The molecule has 0 saturated heterocycles. The number of hydrogen-bond acceptors (Lipinski definition) is 2. The highest BCUT2D eigenvalue weighted by Crippen LogP contribution is 2.24. The fraction of sp³-hybridized carbons (Fsp3) is 0.200. The zero-order chi connectivity index (χ0) is 15.7. The van der Waals surface area contributed by atoms with Crippen molar-refractivity contribution in [2.75, 3.05) is 23.7 Å². The van der Waals surface area contributed by atoms with Crippen LogP contribution < -0.4 is 21.1 Å². The SMILES string of the molecule is C=c1c2cccc(NCC)c2c(=C)c2cccc(NCC)c12. The van der Waals surface area contributed by atoms with Crippen molar-refractivity contribution in [3.63, 3.8) is 0 Å². The lowest BCUT2D eigenvalue weighted by Gasteiger charge is -2.14. The van der Waals surface area contributed by atoms with Crippen LogP contribution >= 0.6 is 0 Å². The number of benzene rings is 3. The van der Waals surface area contributed by atoms with E-state index in [4.69, 9.17) is 0 Å². The van der Waals surface area contributed by atoms with Crippen LogP contribution in [0.1, 0.15) is 13.8 Å². The molecule has 0 aliphatic rings. The summed E-state index contributed by atoms with van der Waals surface area (Å²) in [5, 5.41) is 13.7. The molecule has 0 heterocycles. The first-order valence-corrected chi connectivity index (χ1v) is 7.82. The average Bonchev–Trinajstić information content (AvgIpc) is 2.53. The zero-order valence-electron chi connectivity index (χ0n) is 13.3. The van der Waals surface area contributed by atoms with Crippen molar-refractivity contribution in [2.24, 2.45) is 0 Å². The van der Waals surface area contributed by atoms with Crippen LogP contribution in [0.3, 0.4) is 0 Å². The highest BCUT2D eigenvalue weighted by Gasteiger charge is 2.09. The Bertz CT molecular complexity index is 862. The molecule has 0 radical (unpaired) electrons. The van der Waals surface area contributed by atoms with Crippen LogP contribution in [-0.4, -0.2) is 13.1 Å². The minimum absolute atomic E-state index is 0.889. The maximum absolute atomic E-state index is 4.37. The second-order valence-corrected chi connectivity index (χ2v) is 5.47. The normalized spacial score (nSPS) is 11.0. The third-order valence-corrected chi connectivity index (χ3v) is 4.12. The molecule has 112 valence electrons. The average molecular weight is 290 g/mol. The lowest BCUT2D eigenvalue weighted by atomic mass is 9.96. The van der Waals surface area contributed by atoms with E-state index in [0.717, 1.165) is 34.9 Å². The number of anilines is 2. The zero-order valence-corrected chi connectivity index (χ0v) is 13.3. The smallest absolute Gasteiger partial charge is 0.0426 e. The summed E-state index contributed by atoms with van der Waals surface area (Å²) in [5.74, 6) is 0. The van der Waals surface area contributed by atoms with Crippen LogP contribution in [0.2, 0.25) is 0 Å². The molecule has 0 fully saturated rings. The van der Waals surface area contributed by atoms with Crippen LogP contribution in [0.25, 0.3) is 34.7 Å². The molecule has 0 aliphatic carbocycles. The highest BCUT2D eigenvalue weighted by molar-refractivity contribution is 6.08. The Kier molecular flexibility index (Phi) is 3.76. The molecule has 0 unspecified atom stereocenters. The van der Waals surface area contributed by atoms with Gasteiger partial charge in [0.25, 0.3) is 0 Å². The van der Waals surface area contributed by atoms with Crippen molar-refractivity contribution in [1.29, 1.82) is 0 Å². The van der Waals surface area contributed by atoms with Gasteiger partial charge < -0.3 is 10.6 Å². The molecule has 0 aromatic heterocycles. The predicted octanol–water partition coefficient (Wildman–Crippen LogP) is 3.68. The third kappa shape index (κ3) is 2.12. The summed E-state index contributed by atoms with van der Waals surface area (Å²) >= 11 is 0. The summed E-state index contributed by atoms with van der Waals surface area (Å²) < 4.78 is 0. The fourth-order valence-corrected chi connectivity index (χ4v) is 3.20. The molecule has 0 saturated carbocycles. The van der Waals surface area contributed by atoms with Crippen molar-refractivity contribution in [3.8, 4) is 0 Å². The molecule has 0 atom stereocenters. The van der Waals surface area contributed by atoms with Crippen LogP contribution in [-0.2, 0) is 0 Å². The molecule has 2 heteroatoms. The van der Waals surface area contributed by atoms with Crippen molar-refractivity contribution < 1.29 is 0 Å². The van der Waals surface area contributed by atoms with Crippen molar-refractivity contribution in [3.05, 3.63) is 46.8 Å². The topological polar surface area (TPSA) is 24.1 Å². The van der Waals surface area contributed by atoms with E-state index in [1.165, 1.54) is 21.5 Å². The van der Waals surface area contributed by atoms with E-state index >= 15 is 0 Å². The predicted molar refractivity (Wildman–Crippen MR) is 100 cm³/mol. The largest absolute Gasteiger partial charge is 0.385 e. The Balaban J connectivity index is 2.53. The van der Waals surface area contributed by atoms with Gasteiger partial charge >= 0.3 is 0 Å². The number of nitrogens with one attached hydrogen (secondary N) is 2. The van der Waals surface area contributed by atoms with E-state index in [1.54, 1.807) is 0 Å². The van der Waals surface area contributed by atoms with Gasteiger partial charge in [0.1, 0.15) is 0 Å². The number of rotatable bonds is 4. The van der Waals surface area contributed by atoms with Gasteiger partial charge in [0.2, 0.25) is 0 Å². The van der Waals surface area contributed by atoms with E-state index in [9.17, 15) is 0 Å². The van der Waals surface area contributed by atoms with Crippen LogP contribution in [0.4, 0.5) is 11.4 Å². The Labute approximate surface area is 131 Å². The van der Waals surface area contributed by atoms with Gasteiger partial charge in [0.05, 0.1) is 0 Å². The lowest BCUT2D eigenvalue weighted by Crippen LogP contribution is -2.16. The molecule has 22 heavy (non-hydrogen) atoms. The van der Waals surface area contributed by atoms with E-state index in [2.05, 4.69) is 74.0 Å². The van der Waals surface area contributed by atoms with Crippen molar-refractivity contribution in [2.45, 2.75) is 13.8 Å². The standard InChI is InChI=1S/C20H22N2/c1-5-21-17-11-7-9-15-14(4)20-16(13(3)19(15)17)10-8-12-18(20)22-6-2/h7-12,21-22H,3-6H2,1-2H3. The van der Waals surface area contributed by atoms with Crippen molar-refractivity contribution in [1.82, 2.24) is 0 Å². The van der Waals surface area contributed by atoms with Gasteiger partial charge in [-0.2, -0.15) is 0 Å². The molecule has 3 aromatic carbocycles. The monoisotopic (exact) mass is 290 g/mol. The van der Waals surface area contributed by atoms with Gasteiger partial charge in [0.15, 0.2) is 0 Å². The molecule has 2 nitrogen and oxygen atoms in total. The molecular formula is C20H22N2. The Morgan fingerprint density at radius 2 is 1.14 bits per heavy atom. The van der Waals surface area contributed by atoms with E-state index < -0.39 is 0 Å². The summed E-state index contributed by atoms with van der Waals surface area (Å²) in [6.45, 7) is 14.7. The molecule has 0 bridgehead atoms. The molecule has 2 N–H and O–H groups in total. The van der Waals surface area contributed by atoms with E-state index in [1.807, 2.05) is 0 Å². The van der Waals surface area contributed by atoms with Gasteiger partial charge in [-0.05, 0) is 47.2 Å². The highest BCUT2D eigenvalue weighted by atomic mass is 14.9. The summed E-state index contributed by atoms with van der Waals surface area (Å²) in [7, 11) is 0. The van der Waals surface area contributed by atoms with Gasteiger partial charge in [-0.1, -0.05) is 37.4 Å². The van der Waals surface area contributed by atoms with Crippen LogP contribution in [0.15, 0.2) is 36.4 Å². The summed E-state index contributed by atoms with van der Waals surface area (Å²) in [6.07, 6.45) is 0. The van der Waals surface area contributed by atoms with Gasteiger partial charge in [-0.15, -0.1) is 0 Å². The van der Waals surface area contributed by atoms with Gasteiger partial charge in [-0.3, -0.25) is 0 Å². The Morgan fingerprint density at radius 3 is 1.50 bits per heavy atom. The second-order valence-electron chi connectivity index (χ2n) is 5.47. The lowest BCUT2D eigenvalue weighted by molar-refractivity contribution is 1.22. The summed E-state index contributed by atoms with van der Waals surface area (Å²) in [4.78, 5) is 0. The second kappa shape index (κ2) is 5.72. The molecule has 3 aromatic rings. The van der Waals surface area contributed by atoms with Gasteiger partial charge in [0, 0.05) is 35.2 Å². The maximum Gasteiger partial charge on any atom is 0.0426 e. The molecule has 0 spiro atoms. The minimum atomic E-state index is 0.889. The first-order chi connectivity index (χ1) is 10.7. The fourth-order valence-electron chi connectivity index (χ4n) is 3.20. The van der Waals surface area contributed by atoms with Crippen LogP contribution in [0, 0.1) is 0 Å². The Morgan fingerprint density at radius 1 is 0.727 bits per heavy atom. The van der Waals surface area contributed by atoms with E-state index in [0.29, 0.717) is 0 Å². The third-order valence-electron chi connectivity index (χ3n) is 4.12. The first kappa shape index (κ1) is 14.5. The summed E-state index contributed by atoms with van der Waals surface area (Å²) in [5.41, 5.74) is 2.26.